The van der Waals surface area contributed by atoms with Gasteiger partial charge in [-0.2, -0.15) is 0 Å². The molecule has 0 aromatic heterocycles. The maximum atomic E-state index is 6.37. The molecule has 0 aromatic carbocycles. The Bertz CT molecular complexity index is 460. The molecule has 2 aliphatic heterocycles. The van der Waals surface area contributed by atoms with Crippen LogP contribution in [0.3, 0.4) is 0 Å². The van der Waals surface area contributed by atoms with Crippen LogP contribution >= 0.6 is 0 Å². The van der Waals surface area contributed by atoms with E-state index >= 15 is 0 Å². The number of ether oxygens (including phenoxy) is 3. The van der Waals surface area contributed by atoms with Gasteiger partial charge in [-0.1, -0.05) is 34.6 Å². The Balaban J connectivity index is 0.000000297. The molecule has 0 aromatic rings. The molecule has 0 amide bonds. The van der Waals surface area contributed by atoms with Crippen LogP contribution in [0, 0.1) is 11.3 Å². The summed E-state index contributed by atoms with van der Waals surface area (Å²) in [5.41, 5.74) is 0.416. The van der Waals surface area contributed by atoms with E-state index in [2.05, 4.69) is 65.3 Å². The number of hydrogen-bond donors (Lipinski definition) is 0. The van der Waals surface area contributed by atoms with Crippen molar-refractivity contribution in [3.05, 3.63) is 0 Å². The maximum Gasteiger partial charge on any atom is 0.168 e. The summed E-state index contributed by atoms with van der Waals surface area (Å²) in [6, 6.07) is 0. The fourth-order valence-corrected chi connectivity index (χ4v) is 5.31. The van der Waals surface area contributed by atoms with E-state index in [1.165, 1.54) is 19.3 Å². The van der Waals surface area contributed by atoms with Crippen molar-refractivity contribution in [2.45, 2.75) is 105 Å². The first-order chi connectivity index (χ1) is 14.1. The van der Waals surface area contributed by atoms with Crippen LogP contribution in [0.5, 0.6) is 0 Å². The smallest absolute Gasteiger partial charge is 0.168 e. The van der Waals surface area contributed by atoms with E-state index in [-0.39, 0.29) is 11.9 Å². The molecular weight excluding hydrogens is 376 g/mol. The average molecular weight is 427 g/mol. The Morgan fingerprint density at radius 1 is 1.03 bits per heavy atom. The first-order valence-electron chi connectivity index (χ1n) is 12.4. The molecule has 3 unspecified atom stereocenters. The Hall–Kier alpha value is -0.200. The minimum absolute atomic E-state index is 0.252. The van der Waals surface area contributed by atoms with Crippen molar-refractivity contribution < 1.29 is 14.2 Å². The van der Waals surface area contributed by atoms with Gasteiger partial charge in [-0.15, -0.1) is 0 Å². The van der Waals surface area contributed by atoms with E-state index in [9.17, 15) is 0 Å². The fourth-order valence-electron chi connectivity index (χ4n) is 5.31. The highest BCUT2D eigenvalue weighted by Crippen LogP contribution is 2.45. The third-order valence-electron chi connectivity index (χ3n) is 6.94. The van der Waals surface area contributed by atoms with Crippen molar-refractivity contribution in [2.75, 3.05) is 46.4 Å². The molecule has 0 radical (unpaired) electrons. The number of morpholine rings is 1. The second kappa shape index (κ2) is 11.6. The SMILES string of the molecule is CC1CN(C)CC(C)O1.CCCN(CC)CC1COC2(CCC(C(C)(C)C)CC2)O1. The van der Waals surface area contributed by atoms with E-state index < -0.39 is 0 Å². The highest BCUT2D eigenvalue weighted by molar-refractivity contribution is 4.89. The maximum absolute atomic E-state index is 6.37. The van der Waals surface area contributed by atoms with Crippen molar-refractivity contribution in [1.29, 1.82) is 0 Å². The summed E-state index contributed by atoms with van der Waals surface area (Å²) < 4.78 is 18.0. The Kier molecular flexibility index (Phi) is 10.1. The zero-order chi connectivity index (χ0) is 22.4. The number of hydrogen-bond acceptors (Lipinski definition) is 5. The lowest BCUT2D eigenvalue weighted by Gasteiger charge is -2.41. The summed E-state index contributed by atoms with van der Waals surface area (Å²) in [4.78, 5) is 4.78. The molecule has 3 atom stereocenters. The van der Waals surface area contributed by atoms with Crippen LogP contribution in [-0.2, 0) is 14.2 Å². The molecule has 1 spiro atoms. The summed E-state index contributed by atoms with van der Waals surface area (Å²) in [5, 5.41) is 0. The van der Waals surface area contributed by atoms with Crippen LogP contribution in [0.25, 0.3) is 0 Å². The second-order valence-electron chi connectivity index (χ2n) is 11.0. The van der Waals surface area contributed by atoms with Crippen LogP contribution in [0.1, 0.15) is 80.6 Å². The zero-order valence-corrected chi connectivity index (χ0v) is 21.2. The zero-order valence-electron chi connectivity index (χ0n) is 21.2. The monoisotopic (exact) mass is 426 g/mol. The standard InChI is InChI=1S/C18H35NO2.C7H15NO/c1-6-12-19(7-2)13-16-14-20-18(21-16)10-8-15(9-11-18)17(3,4)5;1-6-4-8(3)5-7(2)9-6/h15-16H,6-14H2,1-5H3;6-7H,4-5H2,1-3H3. The van der Waals surface area contributed by atoms with Crippen LogP contribution in [0.15, 0.2) is 0 Å². The summed E-state index contributed by atoms with van der Waals surface area (Å²) in [7, 11) is 2.13. The summed E-state index contributed by atoms with van der Waals surface area (Å²) >= 11 is 0. The molecular formula is C25H50N2O3. The molecule has 3 aliphatic rings. The molecule has 178 valence electrons. The van der Waals surface area contributed by atoms with Crippen LogP contribution < -0.4 is 0 Å². The van der Waals surface area contributed by atoms with Gasteiger partial charge in [0.1, 0.15) is 0 Å². The number of likely N-dealkylation sites (N-methyl/N-ethyl adjacent to an activating group) is 2. The van der Waals surface area contributed by atoms with E-state index in [0.717, 1.165) is 58.1 Å². The van der Waals surface area contributed by atoms with Gasteiger partial charge in [-0.05, 0) is 64.6 Å². The molecule has 3 rings (SSSR count). The molecule has 3 fully saturated rings. The van der Waals surface area contributed by atoms with Crippen LogP contribution in [0.4, 0.5) is 0 Å². The lowest BCUT2D eigenvalue weighted by molar-refractivity contribution is -0.197. The van der Waals surface area contributed by atoms with Gasteiger partial charge in [-0.25, -0.2) is 0 Å². The van der Waals surface area contributed by atoms with Gasteiger partial charge in [0.25, 0.3) is 0 Å². The van der Waals surface area contributed by atoms with Crippen molar-refractivity contribution in [3.8, 4) is 0 Å². The quantitative estimate of drug-likeness (QED) is 0.631. The lowest BCUT2D eigenvalue weighted by atomic mass is 9.71. The summed E-state index contributed by atoms with van der Waals surface area (Å²) in [5.74, 6) is 0.555. The number of rotatable bonds is 5. The molecule has 0 bridgehead atoms. The van der Waals surface area contributed by atoms with E-state index in [4.69, 9.17) is 14.2 Å². The van der Waals surface area contributed by atoms with Gasteiger partial charge in [-0.3, -0.25) is 0 Å². The molecule has 0 N–H and O–H groups in total. The second-order valence-corrected chi connectivity index (χ2v) is 11.0. The van der Waals surface area contributed by atoms with Gasteiger partial charge in [0.05, 0.1) is 24.9 Å². The first-order valence-corrected chi connectivity index (χ1v) is 12.4. The van der Waals surface area contributed by atoms with Crippen molar-refractivity contribution in [1.82, 2.24) is 9.80 Å². The highest BCUT2D eigenvalue weighted by atomic mass is 16.7. The number of nitrogens with zero attached hydrogens (tertiary/aromatic N) is 2. The predicted octanol–water partition coefficient (Wildman–Crippen LogP) is 4.79. The van der Waals surface area contributed by atoms with E-state index in [1.807, 2.05) is 0 Å². The highest BCUT2D eigenvalue weighted by Gasteiger charge is 2.46. The third-order valence-corrected chi connectivity index (χ3v) is 6.94. The van der Waals surface area contributed by atoms with Crippen LogP contribution in [-0.4, -0.2) is 80.3 Å². The lowest BCUT2D eigenvalue weighted by Crippen LogP contribution is -2.42. The van der Waals surface area contributed by atoms with Gasteiger partial charge < -0.3 is 24.0 Å². The summed E-state index contributed by atoms with van der Waals surface area (Å²) in [6.07, 6.45) is 6.93. The van der Waals surface area contributed by atoms with Gasteiger partial charge in [0.2, 0.25) is 0 Å². The molecule has 2 heterocycles. The van der Waals surface area contributed by atoms with Gasteiger partial charge in [0.15, 0.2) is 5.79 Å². The van der Waals surface area contributed by atoms with E-state index in [0.29, 0.717) is 17.6 Å². The largest absolute Gasteiger partial charge is 0.373 e. The van der Waals surface area contributed by atoms with Crippen molar-refractivity contribution >= 4 is 0 Å². The van der Waals surface area contributed by atoms with Gasteiger partial charge in [0, 0.05) is 32.5 Å². The first kappa shape index (κ1) is 26.1. The Morgan fingerprint density at radius 3 is 2.10 bits per heavy atom. The van der Waals surface area contributed by atoms with Crippen molar-refractivity contribution in [3.63, 3.8) is 0 Å². The van der Waals surface area contributed by atoms with Crippen molar-refractivity contribution in [2.24, 2.45) is 11.3 Å². The average Bonchev–Trinajstić information content (AvgIpc) is 3.02. The van der Waals surface area contributed by atoms with E-state index in [1.54, 1.807) is 0 Å². The molecule has 1 aliphatic carbocycles. The topological polar surface area (TPSA) is 34.2 Å². The fraction of sp³-hybridized carbons (Fsp3) is 1.00. The summed E-state index contributed by atoms with van der Waals surface area (Å²) in [6.45, 7) is 22.0. The van der Waals surface area contributed by atoms with Gasteiger partial charge >= 0.3 is 0 Å². The predicted molar refractivity (Wildman–Crippen MR) is 125 cm³/mol. The normalized spacial score (nSPS) is 35.5. The Labute approximate surface area is 186 Å². The molecule has 5 heteroatoms. The minimum Gasteiger partial charge on any atom is -0.373 e. The molecule has 2 saturated heterocycles. The molecule has 5 nitrogen and oxygen atoms in total. The molecule has 1 saturated carbocycles. The molecule has 30 heavy (non-hydrogen) atoms. The van der Waals surface area contributed by atoms with Crippen LogP contribution in [0.2, 0.25) is 0 Å². The Morgan fingerprint density at radius 2 is 1.63 bits per heavy atom. The third kappa shape index (κ3) is 8.05. The minimum atomic E-state index is -0.252.